The number of nitrogens with zero attached hydrogens (tertiary/aromatic N) is 2. The summed E-state index contributed by atoms with van der Waals surface area (Å²) in [6, 6.07) is 3.86. The summed E-state index contributed by atoms with van der Waals surface area (Å²) in [5.41, 5.74) is 0.996. The van der Waals surface area contributed by atoms with Crippen molar-refractivity contribution in [2.24, 2.45) is 4.99 Å². The first-order valence-corrected chi connectivity index (χ1v) is 9.16. The van der Waals surface area contributed by atoms with Crippen LogP contribution in [-0.4, -0.2) is 38.8 Å². The molecule has 2 rings (SSSR count). The van der Waals surface area contributed by atoms with Crippen LogP contribution in [0.5, 0.6) is 17.2 Å². The molecule has 0 saturated carbocycles. The zero-order chi connectivity index (χ0) is 18.9. The lowest BCUT2D eigenvalue weighted by molar-refractivity contribution is 0.288. The van der Waals surface area contributed by atoms with Gasteiger partial charge < -0.3 is 24.8 Å². The first-order valence-electron chi connectivity index (χ1n) is 8.34. The molecule has 0 atom stereocenters. The van der Waals surface area contributed by atoms with Gasteiger partial charge in [-0.1, -0.05) is 0 Å². The van der Waals surface area contributed by atoms with Crippen LogP contribution < -0.4 is 24.8 Å². The van der Waals surface area contributed by atoms with E-state index in [0.29, 0.717) is 42.9 Å². The second kappa shape index (κ2) is 9.86. The molecule has 7 nitrogen and oxygen atoms in total. The number of ether oxygens (including phenoxy) is 3. The van der Waals surface area contributed by atoms with Crippen molar-refractivity contribution in [2.75, 3.05) is 27.9 Å². The third-order valence-corrected chi connectivity index (χ3v) is 4.48. The molecule has 0 amide bonds. The lowest BCUT2D eigenvalue weighted by atomic mass is 10.2. The lowest BCUT2D eigenvalue weighted by Crippen LogP contribution is -2.36. The van der Waals surface area contributed by atoms with Crippen LogP contribution in [0.3, 0.4) is 0 Å². The predicted octanol–water partition coefficient (Wildman–Crippen LogP) is 2.73. The molecule has 0 bridgehead atoms. The maximum Gasteiger partial charge on any atom is 0.203 e. The largest absolute Gasteiger partial charge is 0.493 e. The minimum atomic E-state index is 0.539. The van der Waals surface area contributed by atoms with Gasteiger partial charge in [0.1, 0.15) is 5.01 Å². The van der Waals surface area contributed by atoms with Crippen LogP contribution in [0.2, 0.25) is 0 Å². The van der Waals surface area contributed by atoms with Crippen LogP contribution in [-0.2, 0) is 13.1 Å². The molecule has 0 aliphatic carbocycles. The number of thiazole rings is 1. The molecule has 2 N–H and O–H groups in total. The Balaban J connectivity index is 2.02. The van der Waals surface area contributed by atoms with Gasteiger partial charge in [0.25, 0.3) is 0 Å². The zero-order valence-electron chi connectivity index (χ0n) is 15.9. The SMILES string of the molecule is CCOc1c(OC)cc(CNC(=NC)NCc2ncc(C)s2)cc1OC. The smallest absolute Gasteiger partial charge is 0.203 e. The molecule has 0 aliphatic rings. The first kappa shape index (κ1) is 19.8. The Morgan fingerprint density at radius 3 is 2.31 bits per heavy atom. The van der Waals surface area contributed by atoms with Crippen LogP contribution in [0, 0.1) is 6.92 Å². The van der Waals surface area contributed by atoms with Gasteiger partial charge in [0.2, 0.25) is 5.75 Å². The van der Waals surface area contributed by atoms with E-state index in [0.717, 1.165) is 10.6 Å². The topological polar surface area (TPSA) is 77.0 Å². The Hall–Kier alpha value is -2.48. The molecule has 1 heterocycles. The summed E-state index contributed by atoms with van der Waals surface area (Å²) in [5, 5.41) is 7.56. The minimum absolute atomic E-state index is 0.539. The average Bonchev–Trinajstić information content (AvgIpc) is 3.07. The molecule has 1 aromatic carbocycles. The molecular formula is C18H26N4O3S. The van der Waals surface area contributed by atoms with Crippen molar-refractivity contribution in [1.29, 1.82) is 0 Å². The molecule has 0 radical (unpaired) electrons. The standard InChI is InChI=1S/C18H26N4O3S/c1-6-25-17-14(23-4)7-13(8-15(17)24-5)10-21-18(19-3)22-11-16-20-9-12(2)26-16/h7-9H,6,10-11H2,1-5H3,(H2,19,21,22). The van der Waals surface area contributed by atoms with Crippen LogP contribution >= 0.6 is 11.3 Å². The number of methoxy groups -OCH3 is 2. The van der Waals surface area contributed by atoms with E-state index in [1.165, 1.54) is 4.88 Å². The van der Waals surface area contributed by atoms with Crippen molar-refractivity contribution in [3.63, 3.8) is 0 Å². The third kappa shape index (κ3) is 5.26. The molecule has 0 aliphatic heterocycles. The maximum atomic E-state index is 5.63. The average molecular weight is 378 g/mol. The fourth-order valence-corrected chi connectivity index (χ4v) is 3.10. The molecular weight excluding hydrogens is 352 g/mol. The van der Waals surface area contributed by atoms with E-state index in [2.05, 4.69) is 20.6 Å². The van der Waals surface area contributed by atoms with Gasteiger partial charge in [0, 0.05) is 24.7 Å². The highest BCUT2D eigenvalue weighted by atomic mass is 32.1. The molecule has 26 heavy (non-hydrogen) atoms. The molecule has 0 saturated heterocycles. The number of aliphatic imine (C=N–C) groups is 1. The summed E-state index contributed by atoms with van der Waals surface area (Å²) >= 11 is 1.67. The van der Waals surface area contributed by atoms with Gasteiger partial charge in [-0.05, 0) is 31.5 Å². The molecule has 0 fully saturated rings. The number of benzene rings is 1. The quantitative estimate of drug-likeness (QED) is 0.543. The van der Waals surface area contributed by atoms with Gasteiger partial charge in [-0.15, -0.1) is 11.3 Å². The number of guanidine groups is 1. The zero-order valence-corrected chi connectivity index (χ0v) is 16.7. The fraction of sp³-hybridized carbons (Fsp3) is 0.444. The third-order valence-electron chi connectivity index (χ3n) is 3.57. The first-order chi connectivity index (χ1) is 12.6. The van der Waals surface area contributed by atoms with Crippen molar-refractivity contribution in [2.45, 2.75) is 26.9 Å². The molecule has 1 aromatic heterocycles. The van der Waals surface area contributed by atoms with Crippen LogP contribution in [0.15, 0.2) is 23.3 Å². The van der Waals surface area contributed by atoms with Crippen LogP contribution in [0.25, 0.3) is 0 Å². The van der Waals surface area contributed by atoms with E-state index in [1.807, 2.05) is 32.2 Å². The Bertz CT molecular complexity index is 721. The highest BCUT2D eigenvalue weighted by molar-refractivity contribution is 7.11. The van der Waals surface area contributed by atoms with Gasteiger partial charge in [-0.25, -0.2) is 4.98 Å². The Morgan fingerprint density at radius 1 is 1.15 bits per heavy atom. The van der Waals surface area contributed by atoms with Crippen molar-refractivity contribution < 1.29 is 14.2 Å². The van der Waals surface area contributed by atoms with Crippen molar-refractivity contribution in [3.8, 4) is 17.2 Å². The molecule has 142 valence electrons. The summed E-state index contributed by atoms with van der Waals surface area (Å²) in [5.74, 6) is 2.60. The van der Waals surface area contributed by atoms with Gasteiger partial charge in [-0.2, -0.15) is 0 Å². The van der Waals surface area contributed by atoms with Gasteiger partial charge in [-0.3, -0.25) is 4.99 Å². The Morgan fingerprint density at radius 2 is 1.81 bits per heavy atom. The highest BCUT2D eigenvalue weighted by Gasteiger charge is 2.14. The predicted molar refractivity (Wildman–Crippen MR) is 105 cm³/mol. The molecule has 0 spiro atoms. The van der Waals surface area contributed by atoms with Crippen LogP contribution in [0.1, 0.15) is 22.4 Å². The second-order valence-electron chi connectivity index (χ2n) is 5.41. The van der Waals surface area contributed by atoms with Gasteiger partial charge in [0.15, 0.2) is 17.5 Å². The lowest BCUT2D eigenvalue weighted by Gasteiger charge is -2.16. The number of rotatable bonds is 8. The molecule has 0 unspecified atom stereocenters. The Kier molecular flexibility index (Phi) is 7.53. The summed E-state index contributed by atoms with van der Waals surface area (Å²) in [6.07, 6.45) is 1.87. The second-order valence-corrected chi connectivity index (χ2v) is 6.73. The van der Waals surface area contributed by atoms with Crippen molar-refractivity contribution >= 4 is 17.3 Å². The number of aromatic nitrogens is 1. The number of hydrogen-bond donors (Lipinski definition) is 2. The number of hydrogen-bond acceptors (Lipinski definition) is 6. The van der Waals surface area contributed by atoms with Gasteiger partial charge >= 0.3 is 0 Å². The Labute approximate surface area is 158 Å². The highest BCUT2D eigenvalue weighted by Crippen LogP contribution is 2.38. The van der Waals surface area contributed by atoms with Gasteiger partial charge in [0.05, 0.1) is 27.4 Å². The van der Waals surface area contributed by atoms with E-state index < -0.39 is 0 Å². The van der Waals surface area contributed by atoms with E-state index in [9.17, 15) is 0 Å². The normalized spacial score (nSPS) is 11.2. The fourth-order valence-electron chi connectivity index (χ4n) is 2.37. The molecule has 8 heteroatoms. The maximum absolute atomic E-state index is 5.63. The van der Waals surface area contributed by atoms with E-state index in [-0.39, 0.29) is 0 Å². The summed E-state index contributed by atoms with van der Waals surface area (Å²) in [4.78, 5) is 9.77. The molecule has 2 aromatic rings. The summed E-state index contributed by atoms with van der Waals surface area (Å²) in [6.45, 7) is 5.70. The minimum Gasteiger partial charge on any atom is -0.493 e. The number of aryl methyl sites for hydroxylation is 1. The monoisotopic (exact) mass is 378 g/mol. The van der Waals surface area contributed by atoms with Crippen molar-refractivity contribution in [1.82, 2.24) is 15.6 Å². The summed E-state index contributed by atoms with van der Waals surface area (Å²) < 4.78 is 16.5. The van der Waals surface area contributed by atoms with E-state index in [1.54, 1.807) is 32.6 Å². The van der Waals surface area contributed by atoms with Crippen LogP contribution in [0.4, 0.5) is 0 Å². The summed E-state index contributed by atoms with van der Waals surface area (Å²) in [7, 11) is 4.97. The van der Waals surface area contributed by atoms with E-state index in [4.69, 9.17) is 14.2 Å². The van der Waals surface area contributed by atoms with Crippen molar-refractivity contribution in [3.05, 3.63) is 33.8 Å². The number of nitrogens with one attached hydrogen (secondary N) is 2. The van der Waals surface area contributed by atoms with E-state index >= 15 is 0 Å².